The number of rotatable bonds is 5. The molecule has 0 aromatic heterocycles. The molecule has 0 radical (unpaired) electrons. The molecule has 31 heavy (non-hydrogen) atoms. The van der Waals surface area contributed by atoms with Crippen molar-refractivity contribution in [3.8, 4) is 5.75 Å². The molecule has 3 aliphatic rings. The molecule has 1 N–H and O–H groups in total. The van der Waals surface area contributed by atoms with Crippen LogP contribution in [0.5, 0.6) is 5.75 Å². The van der Waals surface area contributed by atoms with Crippen LogP contribution in [0.4, 0.5) is 0 Å². The molecule has 2 atom stereocenters. The molecule has 1 amide bonds. The summed E-state index contributed by atoms with van der Waals surface area (Å²) in [7, 11) is 1.71. The van der Waals surface area contributed by atoms with E-state index in [0.29, 0.717) is 13.0 Å². The lowest BCUT2D eigenvalue weighted by Gasteiger charge is -2.61. The molecule has 2 aromatic rings. The van der Waals surface area contributed by atoms with E-state index in [1.807, 2.05) is 53.4 Å². The second kappa shape index (κ2) is 8.26. The van der Waals surface area contributed by atoms with Crippen molar-refractivity contribution in [2.45, 2.75) is 37.1 Å². The highest BCUT2D eigenvalue weighted by atomic mass is 16.5. The Morgan fingerprint density at radius 3 is 2.58 bits per heavy atom. The van der Waals surface area contributed by atoms with E-state index >= 15 is 0 Å². The third-order valence-electron chi connectivity index (χ3n) is 7.09. The number of para-hydroxylation sites is 1. The average molecular weight is 422 g/mol. The maximum Gasteiger partial charge on any atom is 0.227 e. The summed E-state index contributed by atoms with van der Waals surface area (Å²) in [5.41, 5.74) is 2.18. The van der Waals surface area contributed by atoms with Crippen molar-refractivity contribution in [2.24, 2.45) is 0 Å². The molecule has 3 aliphatic heterocycles. The molecule has 0 unspecified atom stereocenters. The third kappa shape index (κ3) is 3.95. The maximum absolute atomic E-state index is 13.1. The van der Waals surface area contributed by atoms with Crippen molar-refractivity contribution >= 4 is 5.91 Å². The highest BCUT2D eigenvalue weighted by molar-refractivity contribution is 5.79. The van der Waals surface area contributed by atoms with Crippen LogP contribution in [-0.2, 0) is 17.8 Å². The highest BCUT2D eigenvalue weighted by Crippen LogP contribution is 2.40. The number of aliphatic hydroxyl groups is 1. The number of methoxy groups -OCH3 is 1. The van der Waals surface area contributed by atoms with Gasteiger partial charge in [-0.2, -0.15) is 0 Å². The standard InChI is InChI=1S/C25H31N3O3/c1-31-23-10-6-5-9-20(23)13-26-16-25(17-26)18-27(14-21-12-22(29)15-28(21)25)24(30)11-19-7-3-2-4-8-19/h2-10,21-22,29H,11-18H2,1H3/t21-,22+/m0/s1. The van der Waals surface area contributed by atoms with Gasteiger partial charge in [-0.3, -0.25) is 14.6 Å². The molecule has 1 spiro atoms. The van der Waals surface area contributed by atoms with Crippen LogP contribution in [0.1, 0.15) is 17.5 Å². The number of nitrogens with zero attached hydrogens (tertiary/aromatic N) is 3. The average Bonchev–Trinajstić information content (AvgIpc) is 3.14. The first-order valence-corrected chi connectivity index (χ1v) is 11.2. The Labute approximate surface area is 184 Å². The van der Waals surface area contributed by atoms with Crippen LogP contribution < -0.4 is 4.74 Å². The van der Waals surface area contributed by atoms with Gasteiger partial charge in [0.25, 0.3) is 0 Å². The van der Waals surface area contributed by atoms with Crippen LogP contribution in [0.3, 0.4) is 0 Å². The topological polar surface area (TPSA) is 56.3 Å². The lowest BCUT2D eigenvalue weighted by molar-refractivity contribution is -0.150. The number of aliphatic hydroxyl groups excluding tert-OH is 1. The summed E-state index contributed by atoms with van der Waals surface area (Å²) in [4.78, 5) is 20.1. The zero-order valence-electron chi connectivity index (χ0n) is 18.1. The maximum atomic E-state index is 13.1. The largest absolute Gasteiger partial charge is 0.496 e. The van der Waals surface area contributed by atoms with Crippen LogP contribution in [0.15, 0.2) is 54.6 Å². The SMILES string of the molecule is COc1ccccc1CN1CC2(C1)CN(C(=O)Cc1ccccc1)C[C@@H]1C[C@@H](O)CN12. The highest BCUT2D eigenvalue weighted by Gasteiger charge is 2.56. The Morgan fingerprint density at radius 2 is 1.81 bits per heavy atom. The number of ether oxygens (including phenoxy) is 1. The summed E-state index contributed by atoms with van der Waals surface area (Å²) in [6, 6.07) is 18.4. The summed E-state index contributed by atoms with van der Waals surface area (Å²) >= 11 is 0. The van der Waals surface area contributed by atoms with Gasteiger partial charge in [-0.1, -0.05) is 48.5 Å². The van der Waals surface area contributed by atoms with Gasteiger partial charge in [-0.15, -0.1) is 0 Å². The van der Waals surface area contributed by atoms with E-state index in [1.54, 1.807) is 7.11 Å². The Morgan fingerprint density at radius 1 is 1.06 bits per heavy atom. The molecular formula is C25H31N3O3. The smallest absolute Gasteiger partial charge is 0.227 e. The lowest BCUT2D eigenvalue weighted by Crippen LogP contribution is -2.78. The molecule has 0 aliphatic carbocycles. The third-order valence-corrected chi connectivity index (χ3v) is 7.09. The van der Waals surface area contributed by atoms with E-state index in [9.17, 15) is 9.90 Å². The van der Waals surface area contributed by atoms with Crippen molar-refractivity contribution in [3.63, 3.8) is 0 Å². The number of piperazine rings is 1. The molecule has 0 bridgehead atoms. The number of carbonyl (C=O) groups is 1. The predicted molar refractivity (Wildman–Crippen MR) is 119 cm³/mol. The Kier molecular flexibility index (Phi) is 5.46. The van der Waals surface area contributed by atoms with Gasteiger partial charge >= 0.3 is 0 Å². The van der Waals surface area contributed by atoms with E-state index in [4.69, 9.17) is 4.74 Å². The fourth-order valence-corrected chi connectivity index (χ4v) is 5.74. The summed E-state index contributed by atoms with van der Waals surface area (Å²) in [6.45, 7) is 4.83. The number of carbonyl (C=O) groups excluding carboxylic acids is 1. The zero-order chi connectivity index (χ0) is 21.4. The molecule has 164 valence electrons. The molecule has 0 saturated carbocycles. The first-order chi connectivity index (χ1) is 15.1. The van der Waals surface area contributed by atoms with E-state index < -0.39 is 0 Å². The number of fused-ring (bicyclic) bond motifs is 2. The van der Waals surface area contributed by atoms with Gasteiger partial charge in [-0.05, 0) is 18.1 Å². The summed E-state index contributed by atoms with van der Waals surface area (Å²) in [5.74, 6) is 1.11. The van der Waals surface area contributed by atoms with Gasteiger partial charge in [0, 0.05) is 50.9 Å². The second-order valence-corrected chi connectivity index (χ2v) is 9.31. The first kappa shape index (κ1) is 20.5. The molecule has 3 heterocycles. The van der Waals surface area contributed by atoms with Crippen LogP contribution >= 0.6 is 0 Å². The number of benzene rings is 2. The molecule has 6 nitrogen and oxygen atoms in total. The summed E-state index contributed by atoms with van der Waals surface area (Å²) in [5, 5.41) is 10.4. The van der Waals surface area contributed by atoms with Crippen LogP contribution in [-0.4, -0.2) is 83.2 Å². The van der Waals surface area contributed by atoms with Gasteiger partial charge in [0.1, 0.15) is 5.75 Å². The lowest BCUT2D eigenvalue weighted by atomic mass is 9.83. The van der Waals surface area contributed by atoms with Crippen molar-refractivity contribution in [1.82, 2.24) is 14.7 Å². The summed E-state index contributed by atoms with van der Waals surface area (Å²) < 4.78 is 5.52. The summed E-state index contributed by atoms with van der Waals surface area (Å²) in [6.07, 6.45) is 0.898. The van der Waals surface area contributed by atoms with Gasteiger partial charge in [0.05, 0.1) is 25.2 Å². The molecule has 2 aromatic carbocycles. The molecule has 6 heteroatoms. The van der Waals surface area contributed by atoms with Gasteiger partial charge in [-0.25, -0.2) is 0 Å². The minimum absolute atomic E-state index is 0.0608. The number of amides is 1. The molecular weight excluding hydrogens is 390 g/mol. The Hall–Kier alpha value is -2.41. The fourth-order valence-electron chi connectivity index (χ4n) is 5.74. The van der Waals surface area contributed by atoms with E-state index in [2.05, 4.69) is 15.9 Å². The number of hydrogen-bond donors (Lipinski definition) is 1. The van der Waals surface area contributed by atoms with Crippen molar-refractivity contribution < 1.29 is 14.6 Å². The van der Waals surface area contributed by atoms with E-state index in [1.165, 1.54) is 5.56 Å². The number of likely N-dealkylation sites (tertiary alicyclic amines) is 1. The fraction of sp³-hybridized carbons (Fsp3) is 0.480. The van der Waals surface area contributed by atoms with Gasteiger partial charge in [0.2, 0.25) is 5.91 Å². The monoisotopic (exact) mass is 421 g/mol. The van der Waals surface area contributed by atoms with Gasteiger partial charge in [0.15, 0.2) is 0 Å². The number of hydrogen-bond acceptors (Lipinski definition) is 5. The molecule has 5 rings (SSSR count). The molecule has 3 fully saturated rings. The van der Waals surface area contributed by atoms with E-state index in [-0.39, 0.29) is 23.6 Å². The zero-order valence-corrected chi connectivity index (χ0v) is 18.1. The van der Waals surface area contributed by atoms with Crippen molar-refractivity contribution in [3.05, 3.63) is 65.7 Å². The number of β-amino-alcohol motifs (C(OH)–C–C–N with tert-alkyl or cyclic N) is 1. The quantitative estimate of drug-likeness (QED) is 0.798. The second-order valence-electron chi connectivity index (χ2n) is 9.31. The minimum atomic E-state index is -0.297. The minimum Gasteiger partial charge on any atom is -0.496 e. The van der Waals surface area contributed by atoms with Gasteiger partial charge < -0.3 is 14.7 Å². The van der Waals surface area contributed by atoms with Crippen molar-refractivity contribution in [2.75, 3.05) is 39.8 Å². The Bertz CT molecular complexity index is 929. The van der Waals surface area contributed by atoms with Crippen LogP contribution in [0.2, 0.25) is 0 Å². The van der Waals surface area contributed by atoms with E-state index in [0.717, 1.165) is 50.5 Å². The normalized spacial score (nSPS) is 25.3. The van der Waals surface area contributed by atoms with Crippen molar-refractivity contribution in [1.29, 1.82) is 0 Å². The Balaban J connectivity index is 1.30. The molecule has 3 saturated heterocycles. The predicted octanol–water partition coefficient (Wildman–Crippen LogP) is 1.77. The first-order valence-electron chi connectivity index (χ1n) is 11.2. The van der Waals surface area contributed by atoms with Crippen LogP contribution in [0, 0.1) is 0 Å². The van der Waals surface area contributed by atoms with Crippen LogP contribution in [0.25, 0.3) is 0 Å².